The van der Waals surface area contributed by atoms with Gasteiger partial charge < -0.3 is 0 Å². The lowest BCUT2D eigenvalue weighted by atomic mass is 10.6. The molecule has 0 atom stereocenters. The van der Waals surface area contributed by atoms with Crippen LogP contribution in [0.4, 0.5) is 0 Å². The summed E-state index contributed by atoms with van der Waals surface area (Å²) >= 11 is 5.77. The van der Waals surface area contributed by atoms with Crippen LogP contribution in [-0.4, -0.2) is 18.2 Å². The average molecular weight is 161 g/mol. The van der Waals surface area contributed by atoms with Crippen molar-refractivity contribution in [3.63, 3.8) is 0 Å². The molecule has 0 aromatic heterocycles. The van der Waals surface area contributed by atoms with Crippen LogP contribution in [0.25, 0.3) is 0 Å². The second-order valence-corrected chi connectivity index (χ2v) is 2.84. The van der Waals surface area contributed by atoms with E-state index in [0.717, 1.165) is 11.4 Å². The minimum atomic E-state index is 0.677. The molecule has 0 bridgehead atoms. The second kappa shape index (κ2) is 6.23. The summed E-state index contributed by atoms with van der Waals surface area (Å²) in [5, 5.41) is 1.99. The molecule has 0 unspecified atom stereocenters. The van der Waals surface area contributed by atoms with Crippen LogP contribution >= 0.6 is 24.4 Å². The molecule has 0 rings (SSSR count). The summed E-state index contributed by atoms with van der Waals surface area (Å²) in [5.74, 6) is 1.75. The van der Waals surface area contributed by atoms with Crippen molar-refractivity contribution in [2.45, 2.75) is 6.92 Å². The first-order valence-electron chi connectivity index (χ1n) is 2.73. The van der Waals surface area contributed by atoms with Gasteiger partial charge in [-0.1, -0.05) is 6.92 Å². The van der Waals surface area contributed by atoms with Gasteiger partial charge in [-0.2, -0.15) is 12.6 Å². The zero-order valence-electron chi connectivity index (χ0n) is 5.50. The lowest BCUT2D eigenvalue weighted by molar-refractivity contribution is 1.36. The molecule has 0 aliphatic rings. The Bertz CT molecular complexity index is 110. The summed E-state index contributed by atoms with van der Waals surface area (Å²) in [6.45, 7) is 5.50. The highest BCUT2D eigenvalue weighted by Gasteiger charge is 1.85. The molecule has 0 saturated heterocycles. The number of hydrogen-bond donors (Lipinski definition) is 1. The summed E-state index contributed by atoms with van der Waals surface area (Å²) < 4.78 is 0. The van der Waals surface area contributed by atoms with E-state index in [9.17, 15) is 0 Å². The van der Waals surface area contributed by atoms with Crippen molar-refractivity contribution in [2.24, 2.45) is 4.99 Å². The summed E-state index contributed by atoms with van der Waals surface area (Å²) in [6.07, 6.45) is 0. The monoisotopic (exact) mass is 161 g/mol. The molecule has 0 aromatic carbocycles. The molecule has 0 heterocycles. The predicted octanol–water partition coefficient (Wildman–Crippen LogP) is 2.21. The third-order valence-electron chi connectivity index (χ3n) is 0.751. The van der Waals surface area contributed by atoms with Crippen molar-refractivity contribution in [1.29, 1.82) is 0 Å². The summed E-state index contributed by atoms with van der Waals surface area (Å²) in [7, 11) is 0. The van der Waals surface area contributed by atoms with E-state index in [-0.39, 0.29) is 0 Å². The molecule has 0 aliphatic carbocycles. The van der Waals surface area contributed by atoms with Crippen molar-refractivity contribution in [2.75, 3.05) is 11.5 Å². The maximum absolute atomic E-state index is 4.05. The van der Waals surface area contributed by atoms with Crippen molar-refractivity contribution in [3.8, 4) is 0 Å². The van der Waals surface area contributed by atoms with E-state index in [1.54, 1.807) is 11.8 Å². The van der Waals surface area contributed by atoms with Crippen LogP contribution in [0, 0.1) is 0 Å². The van der Waals surface area contributed by atoms with Crippen LogP contribution < -0.4 is 0 Å². The van der Waals surface area contributed by atoms with Gasteiger partial charge in [-0.15, -0.1) is 11.8 Å². The Balaban J connectivity index is 3.61. The first kappa shape index (κ1) is 9.11. The Morgan fingerprint density at radius 1 is 1.89 bits per heavy atom. The van der Waals surface area contributed by atoms with Crippen LogP contribution in [0.1, 0.15) is 6.92 Å². The molecule has 0 spiro atoms. The van der Waals surface area contributed by atoms with E-state index in [1.165, 1.54) is 0 Å². The fourth-order valence-electron chi connectivity index (χ4n) is 0.304. The molecular weight excluding hydrogens is 150 g/mol. The van der Waals surface area contributed by atoms with Gasteiger partial charge in [0, 0.05) is 5.75 Å². The van der Waals surface area contributed by atoms with Gasteiger partial charge in [0.2, 0.25) is 0 Å². The quantitative estimate of drug-likeness (QED) is 0.492. The fraction of sp³-hybridized carbons (Fsp3) is 0.500. The lowest BCUT2D eigenvalue weighted by Crippen LogP contribution is -1.76. The maximum Gasteiger partial charge on any atom is 0.0555 e. The van der Waals surface area contributed by atoms with Crippen LogP contribution in [0.2, 0.25) is 0 Å². The normalized spacial score (nSPS) is 11.6. The summed E-state index contributed by atoms with van der Waals surface area (Å²) in [4.78, 5) is 3.76. The van der Waals surface area contributed by atoms with E-state index in [1.807, 2.05) is 5.41 Å². The minimum absolute atomic E-state index is 0.677. The molecule has 0 aliphatic heterocycles. The van der Waals surface area contributed by atoms with Gasteiger partial charge in [0.15, 0.2) is 0 Å². The summed E-state index contributed by atoms with van der Waals surface area (Å²) in [6, 6.07) is 0. The Kier molecular flexibility index (Phi) is 6.31. The topological polar surface area (TPSA) is 12.4 Å². The predicted molar refractivity (Wildman–Crippen MR) is 49.6 cm³/mol. The van der Waals surface area contributed by atoms with Gasteiger partial charge in [0.05, 0.1) is 5.70 Å². The molecule has 3 heteroatoms. The van der Waals surface area contributed by atoms with E-state index >= 15 is 0 Å². The second-order valence-electron chi connectivity index (χ2n) is 1.38. The number of nitrogens with zero attached hydrogens (tertiary/aromatic N) is 1. The first-order valence-corrected chi connectivity index (χ1v) is 4.41. The van der Waals surface area contributed by atoms with Gasteiger partial charge in [-0.3, -0.25) is 4.99 Å². The van der Waals surface area contributed by atoms with Gasteiger partial charge in [-0.25, -0.2) is 0 Å². The summed E-state index contributed by atoms with van der Waals surface area (Å²) in [5.41, 5.74) is 0.949. The number of rotatable bonds is 4. The zero-order chi connectivity index (χ0) is 7.11. The van der Waals surface area contributed by atoms with Crippen molar-refractivity contribution in [1.82, 2.24) is 0 Å². The Labute approximate surface area is 66.0 Å². The van der Waals surface area contributed by atoms with Crippen LogP contribution in [0.3, 0.4) is 0 Å². The first-order chi connectivity index (χ1) is 4.35. The molecule has 0 saturated carbocycles. The van der Waals surface area contributed by atoms with Gasteiger partial charge >= 0.3 is 0 Å². The molecule has 0 radical (unpaired) electrons. The van der Waals surface area contributed by atoms with E-state index in [0.29, 0.717) is 5.75 Å². The third kappa shape index (κ3) is 4.60. The van der Waals surface area contributed by atoms with E-state index < -0.39 is 0 Å². The molecule has 0 aromatic rings. The highest BCUT2D eigenvalue weighted by atomic mass is 32.2. The van der Waals surface area contributed by atoms with E-state index in [2.05, 4.69) is 31.3 Å². The Morgan fingerprint density at radius 2 is 2.56 bits per heavy atom. The molecule has 1 nitrogen and oxygen atoms in total. The third-order valence-corrected chi connectivity index (χ3v) is 1.85. The van der Waals surface area contributed by atoms with Gasteiger partial charge in [-0.05, 0) is 17.9 Å². The number of aliphatic imine (C=N–C) groups is 1. The molecule has 0 N–H and O–H groups in total. The molecule has 0 amide bonds. The molecule has 9 heavy (non-hydrogen) atoms. The Morgan fingerprint density at radius 3 is 2.89 bits per heavy atom. The molecular formula is C6H11NS2. The van der Waals surface area contributed by atoms with Gasteiger partial charge in [0.25, 0.3) is 0 Å². The fourth-order valence-corrected chi connectivity index (χ4v) is 1.14. The highest BCUT2D eigenvalue weighted by molar-refractivity contribution is 8.02. The van der Waals surface area contributed by atoms with Crippen LogP contribution in [0.15, 0.2) is 16.1 Å². The van der Waals surface area contributed by atoms with E-state index in [4.69, 9.17) is 0 Å². The maximum atomic E-state index is 4.05. The van der Waals surface area contributed by atoms with Gasteiger partial charge in [0.1, 0.15) is 0 Å². The standard InChI is InChI=1S/C6H11NS2/c1-3-9-5-6(4-8)7-2/h5,8H,2-4H2,1H3/b6-5-. The van der Waals surface area contributed by atoms with Crippen LogP contribution in [0.5, 0.6) is 0 Å². The zero-order valence-corrected chi connectivity index (χ0v) is 7.21. The van der Waals surface area contributed by atoms with Crippen molar-refractivity contribution < 1.29 is 0 Å². The number of hydrogen-bond acceptors (Lipinski definition) is 3. The number of thioether (sulfide) groups is 1. The largest absolute Gasteiger partial charge is 0.268 e. The highest BCUT2D eigenvalue weighted by Crippen LogP contribution is 2.07. The van der Waals surface area contributed by atoms with Crippen molar-refractivity contribution in [3.05, 3.63) is 11.1 Å². The van der Waals surface area contributed by atoms with Crippen LogP contribution in [-0.2, 0) is 0 Å². The average Bonchev–Trinajstić information content (AvgIpc) is 1.91. The SMILES string of the molecule is C=N/C(=C\SCC)CS. The molecule has 0 fully saturated rings. The number of thiol groups is 1. The molecule has 52 valence electrons. The lowest BCUT2D eigenvalue weighted by Gasteiger charge is -1.91. The van der Waals surface area contributed by atoms with Crippen molar-refractivity contribution >= 4 is 31.1 Å². The minimum Gasteiger partial charge on any atom is -0.268 e. The Hall–Kier alpha value is 0.110. The smallest absolute Gasteiger partial charge is 0.0555 e.